The minimum atomic E-state index is -1.37. The molecule has 322 valence electrons. The van der Waals surface area contributed by atoms with E-state index in [1.807, 2.05) is 121 Å². The van der Waals surface area contributed by atoms with Crippen molar-refractivity contribution in [3.8, 4) is 0 Å². The van der Waals surface area contributed by atoms with Crippen LogP contribution < -0.4 is 0 Å². The van der Waals surface area contributed by atoms with Crippen molar-refractivity contribution in [3.63, 3.8) is 0 Å². The van der Waals surface area contributed by atoms with Crippen molar-refractivity contribution in [2.75, 3.05) is 34.5 Å². The Hall–Kier alpha value is -3.64. The Morgan fingerprint density at radius 3 is 1.65 bits per heavy atom. The molecule has 0 bridgehead atoms. The van der Waals surface area contributed by atoms with Gasteiger partial charge in [-0.15, -0.1) is 0 Å². The lowest BCUT2D eigenvalue weighted by Crippen LogP contribution is -2.74. The molecule has 13 atom stereocenters. The number of rotatable bonds is 16. The topological polar surface area (TPSA) is 120 Å². The average molecular weight is 829 g/mol. The van der Waals surface area contributed by atoms with Gasteiger partial charge in [-0.05, 0) is 30.5 Å². The van der Waals surface area contributed by atoms with Crippen molar-refractivity contribution < 1.29 is 61.6 Å². The van der Waals surface area contributed by atoms with Crippen LogP contribution in [0.25, 0.3) is 0 Å². The summed E-state index contributed by atoms with van der Waals surface area (Å²) in [6.07, 6.45) is -8.58. The Labute approximate surface area is 351 Å². The lowest BCUT2D eigenvalue weighted by Gasteiger charge is -2.57. The quantitative estimate of drug-likeness (QED) is 0.123. The molecule has 4 fully saturated rings. The van der Waals surface area contributed by atoms with Crippen molar-refractivity contribution in [2.45, 2.75) is 113 Å². The number of ether oxygens (including phenoxy) is 13. The summed E-state index contributed by atoms with van der Waals surface area (Å²) < 4.78 is 85.3. The molecule has 60 heavy (non-hydrogen) atoms. The van der Waals surface area contributed by atoms with Gasteiger partial charge in [-0.25, -0.2) is 0 Å². The highest BCUT2D eigenvalue weighted by molar-refractivity contribution is 5.18. The minimum absolute atomic E-state index is 0.126. The van der Waals surface area contributed by atoms with Crippen LogP contribution in [0.5, 0.6) is 0 Å². The van der Waals surface area contributed by atoms with E-state index in [1.54, 1.807) is 35.2 Å². The number of hydrogen-bond acceptors (Lipinski definition) is 13. The summed E-state index contributed by atoms with van der Waals surface area (Å²) in [6.45, 7) is 4.76. The van der Waals surface area contributed by atoms with Crippen LogP contribution in [-0.2, 0) is 81.4 Å². The van der Waals surface area contributed by atoms with Crippen molar-refractivity contribution in [1.82, 2.24) is 0 Å². The van der Waals surface area contributed by atoms with Gasteiger partial charge < -0.3 is 61.6 Å². The number of methoxy groups -OCH3 is 3. The van der Waals surface area contributed by atoms with Crippen LogP contribution in [0, 0.1) is 0 Å². The molecule has 4 aromatic rings. The summed E-state index contributed by atoms with van der Waals surface area (Å²) >= 11 is 0. The lowest BCUT2D eigenvalue weighted by molar-refractivity contribution is -0.485. The van der Waals surface area contributed by atoms with Crippen LogP contribution in [0.4, 0.5) is 0 Å². The third kappa shape index (κ3) is 9.39. The average Bonchev–Trinajstić information content (AvgIpc) is 3.30. The lowest BCUT2D eigenvalue weighted by atomic mass is 9.93. The fourth-order valence-corrected chi connectivity index (χ4v) is 8.18. The Balaban J connectivity index is 1.14. The Morgan fingerprint density at radius 1 is 0.550 bits per heavy atom. The van der Waals surface area contributed by atoms with Gasteiger partial charge >= 0.3 is 0 Å². The van der Waals surface area contributed by atoms with Crippen LogP contribution in [0.2, 0.25) is 0 Å². The minimum Gasteiger partial charge on any atom is -0.374 e. The first-order chi connectivity index (χ1) is 29.3. The van der Waals surface area contributed by atoms with Gasteiger partial charge in [0.1, 0.15) is 48.8 Å². The van der Waals surface area contributed by atoms with Gasteiger partial charge in [0.15, 0.2) is 18.9 Å². The van der Waals surface area contributed by atoms with E-state index in [2.05, 4.69) is 0 Å². The summed E-state index contributed by atoms with van der Waals surface area (Å²) in [5.41, 5.74) is 3.80. The molecule has 0 amide bonds. The van der Waals surface area contributed by atoms with Crippen LogP contribution in [-0.4, -0.2) is 108 Å². The monoisotopic (exact) mass is 828 g/mol. The van der Waals surface area contributed by atoms with E-state index in [1.165, 1.54) is 0 Å². The van der Waals surface area contributed by atoms with E-state index < -0.39 is 79.3 Å². The van der Waals surface area contributed by atoms with Crippen LogP contribution in [0.15, 0.2) is 121 Å². The summed E-state index contributed by atoms with van der Waals surface area (Å²) in [5.74, 6) is -2.70. The molecule has 8 rings (SSSR count). The molecule has 13 heteroatoms. The van der Waals surface area contributed by atoms with Crippen LogP contribution in [0.1, 0.15) is 42.4 Å². The van der Waals surface area contributed by atoms with E-state index in [0.717, 1.165) is 22.3 Å². The second-order valence-corrected chi connectivity index (χ2v) is 15.6. The molecule has 0 unspecified atom stereocenters. The molecule has 0 N–H and O–H groups in total. The molecule has 4 aromatic carbocycles. The van der Waals surface area contributed by atoms with Crippen molar-refractivity contribution in [1.29, 1.82) is 0 Å². The molecule has 0 spiro atoms. The Kier molecular flexibility index (Phi) is 14.1. The molecule has 4 aliphatic rings. The summed E-state index contributed by atoms with van der Waals surface area (Å²) in [5, 5.41) is 0. The van der Waals surface area contributed by atoms with E-state index in [-0.39, 0.29) is 26.4 Å². The van der Waals surface area contributed by atoms with Gasteiger partial charge in [-0.1, -0.05) is 121 Å². The maximum atomic E-state index is 7.15. The molecule has 0 aliphatic carbocycles. The van der Waals surface area contributed by atoms with Crippen LogP contribution in [0.3, 0.4) is 0 Å². The number of hydrogen-bond donors (Lipinski definition) is 0. The maximum Gasteiger partial charge on any atom is 0.220 e. The van der Waals surface area contributed by atoms with Gasteiger partial charge in [0.25, 0.3) is 0 Å². The number of benzene rings is 4. The second-order valence-electron chi connectivity index (χ2n) is 15.6. The highest BCUT2D eigenvalue weighted by Gasteiger charge is 2.64. The third-order valence-electron chi connectivity index (χ3n) is 11.8. The molecule has 0 saturated carbocycles. The zero-order chi connectivity index (χ0) is 41.5. The third-order valence-corrected chi connectivity index (χ3v) is 11.8. The molecule has 0 aromatic heterocycles. The first-order valence-electron chi connectivity index (χ1n) is 20.5. The molecular weight excluding hydrogens is 773 g/mol. The van der Waals surface area contributed by atoms with Crippen LogP contribution >= 0.6 is 0 Å². The maximum absolute atomic E-state index is 7.15. The van der Waals surface area contributed by atoms with Crippen molar-refractivity contribution in [3.05, 3.63) is 144 Å². The fraction of sp³-hybridized carbons (Fsp3) is 0.489. The molecule has 4 heterocycles. The predicted octanol–water partition coefficient (Wildman–Crippen LogP) is 6.48. The normalized spacial score (nSPS) is 35.3. The highest BCUT2D eigenvalue weighted by atomic mass is 16.8. The highest BCUT2D eigenvalue weighted by Crippen LogP contribution is 2.46. The molecule has 4 aliphatic heterocycles. The Bertz CT molecular complexity index is 1890. The molecular formula is C47H56O13. The summed E-state index contributed by atoms with van der Waals surface area (Å²) in [4.78, 5) is 0. The summed E-state index contributed by atoms with van der Waals surface area (Å²) in [6, 6.07) is 39.5. The van der Waals surface area contributed by atoms with Gasteiger partial charge in [-0.2, -0.15) is 0 Å². The van der Waals surface area contributed by atoms with E-state index in [4.69, 9.17) is 61.6 Å². The standard InChI is InChI=1S/C47H56O13/c1-46(49-4)47(2,50-5)60-40-38(59-46)35(29-51-26-31-18-10-6-11-19-31)56-45(41(40)53-28-33-22-14-8-15-23-33)58-42-39(52-27-32-20-12-7-13-21-32)37-36(55-44(42)48-3)30-54-43(57-37)34-24-16-9-17-25-34/h6-25,35-45H,26-30H2,1-5H3/t35-,36-,37-,38-,39+,40+,41+,42+,43-,44+,45-,46+,47+/m1/s1. The summed E-state index contributed by atoms with van der Waals surface area (Å²) in [7, 11) is 4.68. The van der Waals surface area contributed by atoms with Gasteiger partial charge in [-0.3, -0.25) is 0 Å². The fourth-order valence-electron chi connectivity index (χ4n) is 8.18. The number of fused-ring (bicyclic) bond motifs is 2. The predicted molar refractivity (Wildman–Crippen MR) is 216 cm³/mol. The smallest absolute Gasteiger partial charge is 0.220 e. The zero-order valence-electron chi connectivity index (χ0n) is 34.7. The van der Waals surface area contributed by atoms with Gasteiger partial charge in [0, 0.05) is 26.9 Å². The van der Waals surface area contributed by atoms with Crippen molar-refractivity contribution in [2.24, 2.45) is 0 Å². The van der Waals surface area contributed by atoms with Crippen molar-refractivity contribution >= 4 is 0 Å². The SMILES string of the molecule is CO[C@H]1O[C@@H]2CO[C@@H](c3ccccc3)O[C@H]2[C@H](OCc2ccccc2)[C@@H]1O[C@H]1O[C@H](COCc2ccccc2)[C@H]2O[C@](C)(OC)[C@@](C)(OC)O[C@@H]2[C@@H]1OCc1ccccc1. The van der Waals surface area contributed by atoms with E-state index in [0.29, 0.717) is 6.61 Å². The zero-order valence-corrected chi connectivity index (χ0v) is 34.7. The first-order valence-corrected chi connectivity index (χ1v) is 20.5. The van der Waals surface area contributed by atoms with E-state index >= 15 is 0 Å². The first kappa shape index (κ1) is 43.0. The largest absolute Gasteiger partial charge is 0.374 e. The Morgan fingerprint density at radius 2 is 1.08 bits per heavy atom. The molecule has 13 nitrogen and oxygen atoms in total. The van der Waals surface area contributed by atoms with Gasteiger partial charge in [0.05, 0.1) is 33.0 Å². The van der Waals surface area contributed by atoms with E-state index in [9.17, 15) is 0 Å². The second kappa shape index (κ2) is 19.6. The van der Waals surface area contributed by atoms with Gasteiger partial charge in [0.2, 0.25) is 11.6 Å². The molecule has 0 radical (unpaired) electrons. The molecule has 4 saturated heterocycles.